The van der Waals surface area contributed by atoms with E-state index in [1.165, 1.54) is 38.9 Å². The van der Waals surface area contributed by atoms with Crippen molar-refractivity contribution in [3.8, 4) is 5.75 Å². The Labute approximate surface area is 166 Å². The number of likely N-dealkylation sites (tertiary alicyclic amines) is 1. The van der Waals surface area contributed by atoms with Crippen LogP contribution >= 0.6 is 0 Å². The summed E-state index contributed by atoms with van der Waals surface area (Å²) in [7, 11) is 0. The van der Waals surface area contributed by atoms with Gasteiger partial charge in [-0.15, -0.1) is 0 Å². The van der Waals surface area contributed by atoms with Crippen molar-refractivity contribution in [3.05, 3.63) is 29.8 Å². The summed E-state index contributed by atoms with van der Waals surface area (Å²) in [5.41, 5.74) is 1.01. The molecule has 0 spiro atoms. The molecule has 4 aliphatic rings. The fraction of sp³-hybridized carbons (Fsp3) is 0.636. The molecule has 0 aliphatic carbocycles. The van der Waals surface area contributed by atoms with Gasteiger partial charge in [0, 0.05) is 30.5 Å². The molecule has 0 radical (unpaired) electrons. The minimum atomic E-state index is -0.751. The van der Waals surface area contributed by atoms with Crippen LogP contribution in [-0.2, 0) is 4.79 Å². The lowest BCUT2D eigenvalue weighted by atomic mass is 9.73. The monoisotopic (exact) mass is 386 g/mol. The number of nitrogens with zero attached hydrogens (tertiary/aromatic N) is 2. The number of hydrogen-bond acceptors (Lipinski definition) is 4. The highest BCUT2D eigenvalue weighted by Crippen LogP contribution is 2.40. The molecule has 2 bridgehead atoms. The van der Waals surface area contributed by atoms with Gasteiger partial charge in [-0.25, -0.2) is 0 Å². The second kappa shape index (κ2) is 8.11. The van der Waals surface area contributed by atoms with Crippen LogP contribution < -0.4 is 4.74 Å². The summed E-state index contributed by atoms with van der Waals surface area (Å²) in [4.78, 5) is 27.9. The highest BCUT2D eigenvalue weighted by molar-refractivity contribution is 5.94. The predicted molar refractivity (Wildman–Crippen MR) is 106 cm³/mol. The van der Waals surface area contributed by atoms with Crippen molar-refractivity contribution in [1.82, 2.24) is 9.80 Å². The fourth-order valence-electron chi connectivity index (χ4n) is 4.81. The van der Waals surface area contributed by atoms with Gasteiger partial charge in [0.2, 0.25) is 0 Å². The average Bonchev–Trinajstić information content (AvgIpc) is 2.74. The van der Waals surface area contributed by atoms with Crippen molar-refractivity contribution in [2.75, 3.05) is 39.3 Å². The molecule has 0 atom stereocenters. The van der Waals surface area contributed by atoms with E-state index in [1.807, 2.05) is 29.2 Å². The molecule has 5 rings (SSSR count). The first kappa shape index (κ1) is 19.2. The minimum absolute atomic E-state index is 0.0265. The number of fused-ring (bicyclic) bond motifs is 3. The number of piperidine rings is 4. The summed E-state index contributed by atoms with van der Waals surface area (Å²) in [6.45, 7) is 5.62. The van der Waals surface area contributed by atoms with E-state index in [9.17, 15) is 9.59 Å². The molecule has 1 N–H and O–H groups in total. The van der Waals surface area contributed by atoms with Gasteiger partial charge in [-0.1, -0.05) is 0 Å². The second-order valence-corrected chi connectivity index (χ2v) is 8.74. The first-order chi connectivity index (χ1) is 13.5. The van der Waals surface area contributed by atoms with Crippen molar-refractivity contribution in [2.45, 2.75) is 38.5 Å². The lowest BCUT2D eigenvalue weighted by molar-refractivity contribution is -0.138. The maximum atomic E-state index is 12.7. The summed E-state index contributed by atoms with van der Waals surface area (Å²) >= 11 is 0. The van der Waals surface area contributed by atoms with Gasteiger partial charge < -0.3 is 19.6 Å². The highest BCUT2D eigenvalue weighted by atomic mass is 16.5. The molecule has 4 fully saturated rings. The molecule has 0 aromatic heterocycles. The number of hydrogen-bond donors (Lipinski definition) is 1. The van der Waals surface area contributed by atoms with E-state index in [2.05, 4.69) is 4.90 Å². The van der Waals surface area contributed by atoms with Crippen molar-refractivity contribution in [3.63, 3.8) is 0 Å². The third kappa shape index (κ3) is 4.32. The van der Waals surface area contributed by atoms with Gasteiger partial charge in [-0.2, -0.15) is 0 Å². The third-order valence-corrected chi connectivity index (χ3v) is 6.89. The average molecular weight is 386 g/mol. The summed E-state index contributed by atoms with van der Waals surface area (Å²) < 4.78 is 6.10. The number of aliphatic carboxylic acids is 1. The van der Waals surface area contributed by atoms with Crippen LogP contribution in [0.5, 0.6) is 5.75 Å². The van der Waals surface area contributed by atoms with E-state index in [-0.39, 0.29) is 18.2 Å². The smallest absolute Gasteiger partial charge is 0.303 e. The summed E-state index contributed by atoms with van der Waals surface area (Å²) in [6, 6.07) is 7.50. The molecule has 4 heterocycles. The van der Waals surface area contributed by atoms with Crippen LogP contribution in [0.1, 0.15) is 48.9 Å². The van der Waals surface area contributed by atoms with Crippen LogP contribution in [0.25, 0.3) is 0 Å². The Kier molecular flexibility index (Phi) is 5.58. The Morgan fingerprint density at radius 3 is 2.18 bits per heavy atom. The van der Waals surface area contributed by atoms with Gasteiger partial charge in [0.25, 0.3) is 5.91 Å². The molecule has 6 nitrogen and oxygen atoms in total. The molecule has 4 aliphatic heterocycles. The fourth-order valence-corrected chi connectivity index (χ4v) is 4.81. The van der Waals surface area contributed by atoms with Gasteiger partial charge in [-0.3, -0.25) is 9.59 Å². The topological polar surface area (TPSA) is 70.1 Å². The Morgan fingerprint density at radius 2 is 1.61 bits per heavy atom. The van der Waals surface area contributed by atoms with E-state index in [0.29, 0.717) is 24.1 Å². The molecule has 0 unspecified atom stereocenters. The lowest BCUT2D eigenvalue weighted by Gasteiger charge is -2.48. The first-order valence-electron chi connectivity index (χ1n) is 10.5. The van der Waals surface area contributed by atoms with Crippen molar-refractivity contribution in [1.29, 1.82) is 0 Å². The van der Waals surface area contributed by atoms with Gasteiger partial charge >= 0.3 is 5.97 Å². The summed E-state index contributed by atoms with van der Waals surface area (Å²) in [5.74, 6) is 0.291. The van der Waals surface area contributed by atoms with Crippen LogP contribution in [0, 0.1) is 11.3 Å². The number of carbonyl (C=O) groups excluding carboxylic acids is 1. The molecule has 4 saturated heterocycles. The molecule has 152 valence electrons. The van der Waals surface area contributed by atoms with E-state index in [1.54, 1.807) is 0 Å². The number of benzene rings is 1. The molecular formula is C22H30N2O4. The lowest BCUT2D eigenvalue weighted by Crippen LogP contribution is -2.50. The minimum Gasteiger partial charge on any atom is -0.493 e. The summed E-state index contributed by atoms with van der Waals surface area (Å²) in [5, 5.41) is 8.91. The second-order valence-electron chi connectivity index (χ2n) is 8.74. The predicted octanol–water partition coefficient (Wildman–Crippen LogP) is 2.88. The largest absolute Gasteiger partial charge is 0.493 e. The Morgan fingerprint density at radius 1 is 1.00 bits per heavy atom. The number of ether oxygens (including phenoxy) is 1. The van der Waals surface area contributed by atoms with Crippen molar-refractivity contribution in [2.24, 2.45) is 11.3 Å². The van der Waals surface area contributed by atoms with Crippen LogP contribution in [0.15, 0.2) is 24.3 Å². The number of rotatable bonds is 6. The highest BCUT2D eigenvalue weighted by Gasteiger charge is 2.39. The van der Waals surface area contributed by atoms with Gasteiger partial charge in [0.05, 0.1) is 6.61 Å². The van der Waals surface area contributed by atoms with Crippen molar-refractivity contribution < 1.29 is 19.4 Å². The molecule has 1 amide bonds. The van der Waals surface area contributed by atoms with E-state index >= 15 is 0 Å². The molecule has 1 aromatic carbocycles. The van der Waals surface area contributed by atoms with Crippen LogP contribution in [0.3, 0.4) is 0 Å². The molecule has 6 heteroatoms. The number of carboxylic acids is 1. The molecular weight excluding hydrogens is 356 g/mol. The molecule has 1 aromatic rings. The van der Waals surface area contributed by atoms with Gasteiger partial charge in [0.15, 0.2) is 0 Å². The van der Waals surface area contributed by atoms with Crippen LogP contribution in [0.4, 0.5) is 0 Å². The molecule has 0 saturated carbocycles. The maximum absolute atomic E-state index is 12.7. The number of carbonyl (C=O) groups is 2. The van der Waals surface area contributed by atoms with E-state index < -0.39 is 5.97 Å². The first-order valence-corrected chi connectivity index (χ1v) is 10.5. The molecule has 28 heavy (non-hydrogen) atoms. The van der Waals surface area contributed by atoms with E-state index in [4.69, 9.17) is 9.84 Å². The zero-order valence-electron chi connectivity index (χ0n) is 16.4. The van der Waals surface area contributed by atoms with Gasteiger partial charge in [0.1, 0.15) is 5.75 Å². The van der Waals surface area contributed by atoms with Crippen LogP contribution in [-0.4, -0.2) is 66.1 Å². The normalized spacial score (nSPS) is 27.6. The SMILES string of the molecule is O=C(O)CC1CCN(C(=O)c2ccc(OCC34CCN(CC3)CC4)cc2)CC1. The Bertz CT molecular complexity index is 688. The zero-order chi connectivity index (χ0) is 19.6. The number of carboxylic acid groups (broad SMARTS) is 1. The van der Waals surface area contributed by atoms with E-state index in [0.717, 1.165) is 25.2 Å². The Hall–Kier alpha value is -2.08. The summed E-state index contributed by atoms with van der Waals surface area (Å²) in [6.07, 6.45) is 5.40. The van der Waals surface area contributed by atoms with Crippen molar-refractivity contribution >= 4 is 11.9 Å². The Balaban J connectivity index is 1.28. The third-order valence-electron chi connectivity index (χ3n) is 6.89. The zero-order valence-corrected chi connectivity index (χ0v) is 16.4. The quantitative estimate of drug-likeness (QED) is 0.814. The maximum Gasteiger partial charge on any atom is 0.303 e. The standard InChI is InChI=1S/C22H30N2O4/c25-20(26)15-17-5-10-24(11-6-17)21(27)18-1-3-19(4-2-18)28-16-22-7-12-23(13-8-22)14-9-22/h1-4,17H,5-16H2,(H,25,26). The van der Waals surface area contributed by atoms with Gasteiger partial charge in [-0.05, 0) is 81.9 Å². The number of amides is 1. The van der Waals surface area contributed by atoms with Crippen LogP contribution in [0.2, 0.25) is 0 Å².